The second kappa shape index (κ2) is 6.07. The summed E-state index contributed by atoms with van der Waals surface area (Å²) in [4.78, 5) is 4.54. The van der Waals surface area contributed by atoms with Gasteiger partial charge in [0.15, 0.2) is 0 Å². The molecule has 0 fully saturated rings. The molecule has 0 saturated heterocycles. The molecule has 0 bridgehead atoms. The Hall–Kier alpha value is -1.85. The summed E-state index contributed by atoms with van der Waals surface area (Å²) in [6, 6.07) is 7.23. The fourth-order valence-electron chi connectivity index (χ4n) is 1.76. The lowest BCUT2D eigenvalue weighted by molar-refractivity contribution is 0.416. The van der Waals surface area contributed by atoms with E-state index in [-0.39, 0.29) is 4.99 Å². The van der Waals surface area contributed by atoms with Crippen LogP contribution in [0.1, 0.15) is 11.1 Å². The average molecular weight is 308 g/mol. The lowest BCUT2D eigenvalue weighted by Crippen LogP contribution is -2.13. The largest absolute Gasteiger partial charge is 0.495 e. The minimum atomic E-state index is 0.283. The molecule has 0 aliphatic heterocycles. The molecule has 6 heteroatoms. The highest BCUT2D eigenvalue weighted by atomic mass is 35.5. The first-order valence-electron chi connectivity index (χ1n) is 5.89. The topological polar surface area (TPSA) is 60.2 Å². The number of rotatable bonds is 4. The number of benzene rings is 1. The van der Waals surface area contributed by atoms with Gasteiger partial charge in [-0.3, -0.25) is 0 Å². The molecule has 3 N–H and O–H groups in total. The molecule has 20 heavy (non-hydrogen) atoms. The van der Waals surface area contributed by atoms with E-state index in [0.29, 0.717) is 22.2 Å². The van der Waals surface area contributed by atoms with Gasteiger partial charge in [-0.25, -0.2) is 4.98 Å². The van der Waals surface area contributed by atoms with Crippen LogP contribution in [0.2, 0.25) is 5.02 Å². The average Bonchev–Trinajstić information content (AvgIpc) is 2.43. The number of nitrogens with zero attached hydrogens (tertiary/aromatic N) is 1. The summed E-state index contributed by atoms with van der Waals surface area (Å²) in [6.45, 7) is 1.92. The summed E-state index contributed by atoms with van der Waals surface area (Å²) in [6.07, 6.45) is 1.67. The molecule has 1 aromatic carbocycles. The molecule has 1 aromatic heterocycles. The van der Waals surface area contributed by atoms with E-state index >= 15 is 0 Å². The van der Waals surface area contributed by atoms with Crippen LogP contribution in [-0.4, -0.2) is 17.1 Å². The molecule has 0 aliphatic rings. The van der Waals surface area contributed by atoms with Crippen molar-refractivity contribution in [1.29, 1.82) is 0 Å². The summed E-state index contributed by atoms with van der Waals surface area (Å²) in [5.74, 6) is 1.21. The molecule has 2 aromatic rings. The first-order chi connectivity index (χ1) is 9.52. The predicted molar refractivity (Wildman–Crippen MR) is 86.1 cm³/mol. The quantitative estimate of drug-likeness (QED) is 0.847. The third-order valence-corrected chi connectivity index (χ3v) is 3.43. The Labute approximate surface area is 127 Å². The third-order valence-electron chi connectivity index (χ3n) is 2.81. The monoisotopic (exact) mass is 307 g/mol. The highest BCUT2D eigenvalue weighted by Crippen LogP contribution is 2.33. The van der Waals surface area contributed by atoms with Crippen LogP contribution in [0.5, 0.6) is 5.75 Å². The maximum atomic E-state index is 6.09. The number of nitrogens with two attached hydrogens (primary N) is 1. The van der Waals surface area contributed by atoms with Crippen molar-refractivity contribution in [3.05, 3.63) is 46.6 Å². The summed E-state index contributed by atoms with van der Waals surface area (Å²) in [5, 5.41) is 3.82. The zero-order valence-corrected chi connectivity index (χ0v) is 12.7. The van der Waals surface area contributed by atoms with Crippen molar-refractivity contribution in [2.45, 2.75) is 6.92 Å². The number of anilines is 2. The van der Waals surface area contributed by atoms with Gasteiger partial charge in [-0.1, -0.05) is 23.8 Å². The molecule has 0 aliphatic carbocycles. The Bertz CT molecular complexity index is 661. The van der Waals surface area contributed by atoms with E-state index in [1.807, 2.05) is 19.1 Å². The number of aryl methyl sites for hydroxylation is 1. The van der Waals surface area contributed by atoms with Crippen molar-refractivity contribution in [3.63, 3.8) is 0 Å². The minimum Gasteiger partial charge on any atom is -0.495 e. The first kappa shape index (κ1) is 14.6. The van der Waals surface area contributed by atoms with Gasteiger partial charge in [0.2, 0.25) is 0 Å². The Balaban J connectivity index is 2.45. The molecule has 0 saturated carbocycles. The van der Waals surface area contributed by atoms with Gasteiger partial charge in [-0.15, -0.1) is 0 Å². The van der Waals surface area contributed by atoms with Crippen molar-refractivity contribution in [2.24, 2.45) is 5.73 Å². The highest BCUT2D eigenvalue weighted by Gasteiger charge is 2.11. The zero-order valence-electron chi connectivity index (χ0n) is 11.1. The molecular formula is C14H14ClN3OS. The van der Waals surface area contributed by atoms with Crippen molar-refractivity contribution < 1.29 is 4.74 Å². The fraction of sp³-hybridized carbons (Fsp3) is 0.143. The molecule has 0 amide bonds. The van der Waals surface area contributed by atoms with Crippen LogP contribution in [0.4, 0.5) is 11.5 Å². The van der Waals surface area contributed by atoms with Crippen molar-refractivity contribution in [3.8, 4) is 5.75 Å². The lowest BCUT2D eigenvalue weighted by Gasteiger charge is -2.14. The Kier molecular flexibility index (Phi) is 4.42. The SMILES string of the molecule is COc1cc(Cl)c(C)cc1Nc1ncccc1C(N)=S. The van der Waals surface area contributed by atoms with Crippen LogP contribution in [-0.2, 0) is 0 Å². The Morgan fingerprint density at radius 3 is 2.85 bits per heavy atom. The van der Waals surface area contributed by atoms with Gasteiger partial charge in [0.25, 0.3) is 0 Å². The van der Waals surface area contributed by atoms with Gasteiger partial charge < -0.3 is 15.8 Å². The predicted octanol–water partition coefficient (Wildman–Crippen LogP) is 3.43. The van der Waals surface area contributed by atoms with Crippen LogP contribution in [0.15, 0.2) is 30.5 Å². The second-order valence-electron chi connectivity index (χ2n) is 4.19. The van der Waals surface area contributed by atoms with Crippen LogP contribution in [0.25, 0.3) is 0 Å². The van der Waals surface area contributed by atoms with Crippen LogP contribution < -0.4 is 15.8 Å². The van der Waals surface area contributed by atoms with E-state index in [1.54, 1.807) is 25.4 Å². The third kappa shape index (κ3) is 3.00. The Morgan fingerprint density at radius 2 is 2.20 bits per heavy atom. The number of nitrogens with one attached hydrogen (secondary N) is 1. The summed E-state index contributed by atoms with van der Waals surface area (Å²) >= 11 is 11.1. The van der Waals surface area contributed by atoms with Crippen LogP contribution >= 0.6 is 23.8 Å². The van der Waals surface area contributed by atoms with Gasteiger partial charge >= 0.3 is 0 Å². The summed E-state index contributed by atoms with van der Waals surface area (Å²) < 4.78 is 5.31. The molecule has 104 valence electrons. The molecular weight excluding hydrogens is 294 g/mol. The van der Waals surface area contributed by atoms with Gasteiger partial charge in [0.1, 0.15) is 16.6 Å². The highest BCUT2D eigenvalue weighted by molar-refractivity contribution is 7.80. The number of pyridine rings is 1. The molecule has 0 spiro atoms. The smallest absolute Gasteiger partial charge is 0.143 e. The van der Waals surface area contributed by atoms with E-state index in [2.05, 4.69) is 10.3 Å². The van der Waals surface area contributed by atoms with Gasteiger partial charge in [0.05, 0.1) is 18.4 Å². The van der Waals surface area contributed by atoms with E-state index in [4.69, 9.17) is 34.3 Å². The maximum Gasteiger partial charge on any atom is 0.143 e. The van der Waals surface area contributed by atoms with Gasteiger partial charge in [-0.05, 0) is 30.7 Å². The normalized spacial score (nSPS) is 10.2. The number of thiocarbonyl (C=S) groups is 1. The van der Waals surface area contributed by atoms with E-state index in [0.717, 1.165) is 11.3 Å². The van der Waals surface area contributed by atoms with Gasteiger partial charge in [-0.2, -0.15) is 0 Å². The number of halogens is 1. The molecule has 4 nitrogen and oxygen atoms in total. The van der Waals surface area contributed by atoms with E-state index in [1.165, 1.54) is 0 Å². The molecule has 0 atom stereocenters. The van der Waals surface area contributed by atoms with Gasteiger partial charge in [0, 0.05) is 17.3 Å². The molecule has 0 unspecified atom stereocenters. The maximum absolute atomic E-state index is 6.09. The Morgan fingerprint density at radius 1 is 1.45 bits per heavy atom. The first-order valence-corrected chi connectivity index (χ1v) is 6.67. The number of methoxy groups -OCH3 is 1. The minimum absolute atomic E-state index is 0.283. The number of aromatic nitrogens is 1. The number of hydrogen-bond donors (Lipinski definition) is 2. The van der Waals surface area contributed by atoms with Crippen molar-refractivity contribution in [2.75, 3.05) is 12.4 Å². The fourth-order valence-corrected chi connectivity index (χ4v) is 2.08. The molecule has 1 heterocycles. The van der Waals surface area contributed by atoms with Crippen molar-refractivity contribution in [1.82, 2.24) is 4.98 Å². The van der Waals surface area contributed by atoms with E-state index < -0.39 is 0 Å². The van der Waals surface area contributed by atoms with E-state index in [9.17, 15) is 0 Å². The van der Waals surface area contributed by atoms with Crippen LogP contribution in [0, 0.1) is 6.92 Å². The lowest BCUT2D eigenvalue weighted by atomic mass is 10.2. The second-order valence-corrected chi connectivity index (χ2v) is 5.04. The standard InChI is InChI=1S/C14H14ClN3OS/c1-8-6-11(12(19-2)7-10(8)15)18-14-9(13(16)20)4-3-5-17-14/h3-7H,1-2H3,(H2,16,20)(H,17,18). The van der Waals surface area contributed by atoms with Crippen LogP contribution in [0.3, 0.4) is 0 Å². The summed E-state index contributed by atoms with van der Waals surface area (Å²) in [7, 11) is 1.58. The van der Waals surface area contributed by atoms with Crippen molar-refractivity contribution >= 4 is 40.3 Å². The molecule has 2 rings (SSSR count). The number of ether oxygens (including phenoxy) is 1. The molecule has 0 radical (unpaired) electrons. The summed E-state index contributed by atoms with van der Waals surface area (Å²) in [5.41, 5.74) is 8.06. The number of hydrogen-bond acceptors (Lipinski definition) is 4. The zero-order chi connectivity index (χ0) is 14.7.